The Bertz CT molecular complexity index is 1190. The maximum absolute atomic E-state index is 12.8. The fourth-order valence-electron chi connectivity index (χ4n) is 3.36. The molecule has 0 fully saturated rings. The summed E-state index contributed by atoms with van der Waals surface area (Å²) in [5.41, 5.74) is 6.05. The lowest BCUT2D eigenvalue weighted by Crippen LogP contribution is -2.24. The third-order valence-electron chi connectivity index (χ3n) is 5.06. The number of benzene rings is 2. The van der Waals surface area contributed by atoms with Crippen molar-refractivity contribution in [2.24, 2.45) is 0 Å². The molecule has 0 aliphatic rings. The summed E-state index contributed by atoms with van der Waals surface area (Å²) in [5.74, 6) is 0.351. The Balaban J connectivity index is 1.56. The zero-order chi connectivity index (χ0) is 21.6. The average molecular weight is 409 g/mol. The zero-order valence-electron chi connectivity index (χ0n) is 17.5. The Morgan fingerprint density at radius 3 is 2.55 bits per heavy atom. The highest BCUT2D eigenvalue weighted by atomic mass is 16.1. The van der Waals surface area contributed by atoms with Crippen LogP contribution in [0.5, 0.6) is 0 Å². The predicted octanol–water partition coefficient (Wildman–Crippen LogP) is 4.83. The highest BCUT2D eigenvalue weighted by molar-refractivity contribution is 5.97. The van der Waals surface area contributed by atoms with Gasteiger partial charge in [0.1, 0.15) is 0 Å². The van der Waals surface area contributed by atoms with Crippen LogP contribution in [0.15, 0.2) is 79.3 Å². The first-order chi connectivity index (χ1) is 15.1. The molecule has 0 atom stereocenters. The van der Waals surface area contributed by atoms with Crippen molar-refractivity contribution in [3.63, 3.8) is 0 Å². The largest absolute Gasteiger partial charge is 0.348 e. The van der Waals surface area contributed by atoms with E-state index >= 15 is 0 Å². The van der Waals surface area contributed by atoms with Crippen molar-refractivity contribution in [2.75, 3.05) is 5.32 Å². The standard InChI is InChI=1S/C25H23N5O/c1-17-10-11-21(24(31)28-15-19-7-4-3-5-8-19)18(2)23(17)30-25-27-14-12-22(29-25)20-9-6-13-26-16-20/h3-14,16H,15H2,1-2H3,(H,28,31)(H,27,29,30). The molecule has 6 heteroatoms. The van der Waals surface area contributed by atoms with E-state index in [2.05, 4.69) is 25.6 Å². The van der Waals surface area contributed by atoms with Crippen molar-refractivity contribution in [3.8, 4) is 11.3 Å². The lowest BCUT2D eigenvalue weighted by molar-refractivity contribution is 0.0950. The number of pyridine rings is 1. The zero-order valence-corrected chi connectivity index (χ0v) is 17.5. The van der Waals surface area contributed by atoms with Gasteiger partial charge in [0.15, 0.2) is 0 Å². The second-order valence-electron chi connectivity index (χ2n) is 7.23. The third-order valence-corrected chi connectivity index (χ3v) is 5.06. The van der Waals surface area contributed by atoms with Crippen LogP contribution in [0.3, 0.4) is 0 Å². The first-order valence-electron chi connectivity index (χ1n) is 10.0. The van der Waals surface area contributed by atoms with Gasteiger partial charge in [0, 0.05) is 41.9 Å². The minimum Gasteiger partial charge on any atom is -0.348 e. The van der Waals surface area contributed by atoms with Gasteiger partial charge in [-0.05, 0) is 54.8 Å². The first kappa shape index (κ1) is 20.2. The summed E-state index contributed by atoms with van der Waals surface area (Å²) in [6, 6.07) is 19.3. The number of carbonyl (C=O) groups excluding carboxylic acids is 1. The number of hydrogen-bond donors (Lipinski definition) is 2. The molecular formula is C25H23N5O. The van der Waals surface area contributed by atoms with Gasteiger partial charge >= 0.3 is 0 Å². The van der Waals surface area contributed by atoms with Gasteiger partial charge in [0.2, 0.25) is 5.95 Å². The van der Waals surface area contributed by atoms with Crippen molar-refractivity contribution < 1.29 is 4.79 Å². The molecule has 2 heterocycles. The molecule has 0 radical (unpaired) electrons. The SMILES string of the molecule is Cc1ccc(C(=O)NCc2ccccc2)c(C)c1Nc1nccc(-c2cccnc2)n1. The number of amides is 1. The second kappa shape index (κ2) is 9.17. The molecule has 154 valence electrons. The molecule has 2 aromatic heterocycles. The van der Waals surface area contributed by atoms with E-state index in [9.17, 15) is 4.79 Å². The Kier molecular flexibility index (Phi) is 5.98. The van der Waals surface area contributed by atoms with E-state index in [0.717, 1.165) is 33.6 Å². The van der Waals surface area contributed by atoms with Crippen LogP contribution in [0, 0.1) is 13.8 Å². The van der Waals surface area contributed by atoms with Crippen molar-refractivity contribution in [3.05, 3.63) is 102 Å². The Hall–Kier alpha value is -4.06. The van der Waals surface area contributed by atoms with E-state index in [1.54, 1.807) is 18.6 Å². The first-order valence-corrected chi connectivity index (χ1v) is 10.0. The summed E-state index contributed by atoms with van der Waals surface area (Å²) in [4.78, 5) is 25.9. The molecule has 0 unspecified atom stereocenters. The summed E-state index contributed by atoms with van der Waals surface area (Å²) in [6.07, 6.45) is 5.20. The number of nitrogens with zero attached hydrogens (tertiary/aromatic N) is 3. The van der Waals surface area contributed by atoms with Gasteiger partial charge in [-0.15, -0.1) is 0 Å². The number of aromatic nitrogens is 3. The minimum atomic E-state index is -0.116. The van der Waals surface area contributed by atoms with Crippen molar-refractivity contribution in [2.45, 2.75) is 20.4 Å². The van der Waals surface area contributed by atoms with Crippen LogP contribution in [-0.2, 0) is 6.54 Å². The van der Waals surface area contributed by atoms with E-state index in [1.807, 2.05) is 74.5 Å². The molecule has 6 nitrogen and oxygen atoms in total. The topological polar surface area (TPSA) is 79.8 Å². The van der Waals surface area contributed by atoms with Crippen LogP contribution >= 0.6 is 0 Å². The number of aryl methyl sites for hydroxylation is 1. The molecule has 0 aliphatic carbocycles. The molecule has 0 bridgehead atoms. The van der Waals surface area contributed by atoms with E-state index in [4.69, 9.17) is 0 Å². The van der Waals surface area contributed by atoms with Crippen LogP contribution in [0.2, 0.25) is 0 Å². The highest BCUT2D eigenvalue weighted by Gasteiger charge is 2.15. The number of carbonyl (C=O) groups is 1. The maximum Gasteiger partial charge on any atom is 0.251 e. The summed E-state index contributed by atoms with van der Waals surface area (Å²) in [6.45, 7) is 4.40. The van der Waals surface area contributed by atoms with Crippen molar-refractivity contribution in [1.82, 2.24) is 20.3 Å². The fraction of sp³-hybridized carbons (Fsp3) is 0.120. The molecule has 0 spiro atoms. The molecule has 2 N–H and O–H groups in total. The average Bonchev–Trinajstić information content (AvgIpc) is 2.82. The van der Waals surface area contributed by atoms with E-state index in [1.165, 1.54) is 0 Å². The van der Waals surface area contributed by atoms with Crippen LogP contribution in [-0.4, -0.2) is 20.9 Å². The van der Waals surface area contributed by atoms with Gasteiger partial charge < -0.3 is 10.6 Å². The normalized spacial score (nSPS) is 10.5. The van der Waals surface area contributed by atoms with Gasteiger partial charge in [0.25, 0.3) is 5.91 Å². The van der Waals surface area contributed by atoms with Gasteiger partial charge in [-0.2, -0.15) is 0 Å². The molecule has 0 saturated carbocycles. The Labute approximate surface area is 181 Å². The lowest BCUT2D eigenvalue weighted by atomic mass is 10.0. The number of anilines is 2. The molecule has 1 amide bonds. The van der Waals surface area contributed by atoms with Crippen molar-refractivity contribution in [1.29, 1.82) is 0 Å². The molecule has 4 rings (SSSR count). The minimum absolute atomic E-state index is 0.116. The number of rotatable bonds is 6. The van der Waals surface area contributed by atoms with Crippen LogP contribution < -0.4 is 10.6 Å². The molecule has 2 aromatic carbocycles. The third kappa shape index (κ3) is 4.75. The van der Waals surface area contributed by atoms with Gasteiger partial charge in [-0.1, -0.05) is 36.4 Å². The van der Waals surface area contributed by atoms with E-state index in [-0.39, 0.29) is 5.91 Å². The van der Waals surface area contributed by atoms with E-state index in [0.29, 0.717) is 18.1 Å². The number of nitrogens with one attached hydrogen (secondary N) is 2. The molecule has 31 heavy (non-hydrogen) atoms. The summed E-state index contributed by atoms with van der Waals surface area (Å²) >= 11 is 0. The van der Waals surface area contributed by atoms with Crippen LogP contribution in [0.25, 0.3) is 11.3 Å². The summed E-state index contributed by atoms with van der Waals surface area (Å²) in [7, 11) is 0. The monoisotopic (exact) mass is 409 g/mol. The summed E-state index contributed by atoms with van der Waals surface area (Å²) < 4.78 is 0. The Morgan fingerprint density at radius 1 is 0.935 bits per heavy atom. The van der Waals surface area contributed by atoms with Gasteiger partial charge in [-0.25, -0.2) is 9.97 Å². The number of hydrogen-bond acceptors (Lipinski definition) is 5. The van der Waals surface area contributed by atoms with Gasteiger partial charge in [-0.3, -0.25) is 9.78 Å². The predicted molar refractivity (Wildman–Crippen MR) is 122 cm³/mol. The maximum atomic E-state index is 12.8. The van der Waals surface area contributed by atoms with Crippen LogP contribution in [0.4, 0.5) is 11.6 Å². The fourth-order valence-corrected chi connectivity index (χ4v) is 3.36. The molecule has 0 aliphatic heterocycles. The smallest absolute Gasteiger partial charge is 0.251 e. The quantitative estimate of drug-likeness (QED) is 0.477. The Morgan fingerprint density at radius 2 is 1.77 bits per heavy atom. The lowest BCUT2D eigenvalue weighted by Gasteiger charge is -2.16. The molecule has 4 aromatic rings. The molecular weight excluding hydrogens is 386 g/mol. The molecule has 0 saturated heterocycles. The van der Waals surface area contributed by atoms with Crippen molar-refractivity contribution >= 4 is 17.5 Å². The summed E-state index contributed by atoms with van der Waals surface area (Å²) in [5, 5.41) is 6.29. The van der Waals surface area contributed by atoms with Crippen LogP contribution in [0.1, 0.15) is 27.0 Å². The highest BCUT2D eigenvalue weighted by Crippen LogP contribution is 2.27. The second-order valence-corrected chi connectivity index (χ2v) is 7.23. The van der Waals surface area contributed by atoms with Gasteiger partial charge in [0.05, 0.1) is 5.69 Å². The van der Waals surface area contributed by atoms with E-state index < -0.39 is 0 Å².